The van der Waals surface area contributed by atoms with Crippen LogP contribution in [0, 0.1) is 17.3 Å². The summed E-state index contributed by atoms with van der Waals surface area (Å²) in [7, 11) is 0. The van der Waals surface area contributed by atoms with Crippen LogP contribution in [0.3, 0.4) is 0 Å². The minimum absolute atomic E-state index is 0.144. The standard InChI is InChI=1S/C11H18O3/c1-4-14-10(13)11(2,3)9-5-8(6-9)7-12/h7-9H,4-6H2,1-3H3. The highest BCUT2D eigenvalue weighted by molar-refractivity contribution is 5.76. The fraction of sp³-hybridized carbons (Fsp3) is 0.818. The van der Waals surface area contributed by atoms with Gasteiger partial charge in [-0.2, -0.15) is 0 Å². The van der Waals surface area contributed by atoms with Gasteiger partial charge in [-0.25, -0.2) is 0 Å². The van der Waals surface area contributed by atoms with Gasteiger partial charge in [-0.1, -0.05) is 0 Å². The molecule has 1 aliphatic carbocycles. The van der Waals surface area contributed by atoms with Crippen LogP contribution in [0.1, 0.15) is 33.6 Å². The molecule has 0 aromatic heterocycles. The van der Waals surface area contributed by atoms with Crippen molar-refractivity contribution in [3.63, 3.8) is 0 Å². The minimum atomic E-state index is -0.435. The molecule has 0 bridgehead atoms. The fourth-order valence-corrected chi connectivity index (χ4v) is 1.85. The van der Waals surface area contributed by atoms with Gasteiger partial charge in [0.25, 0.3) is 0 Å². The number of hydrogen-bond donors (Lipinski definition) is 0. The van der Waals surface area contributed by atoms with Gasteiger partial charge in [-0.15, -0.1) is 0 Å². The van der Waals surface area contributed by atoms with E-state index in [1.807, 2.05) is 20.8 Å². The maximum Gasteiger partial charge on any atom is 0.311 e. The van der Waals surface area contributed by atoms with Crippen LogP contribution >= 0.6 is 0 Å². The largest absolute Gasteiger partial charge is 0.466 e. The van der Waals surface area contributed by atoms with E-state index in [4.69, 9.17) is 4.74 Å². The molecule has 0 unspecified atom stereocenters. The fourth-order valence-electron chi connectivity index (χ4n) is 1.85. The first kappa shape index (κ1) is 11.2. The second-order valence-electron chi connectivity index (χ2n) is 4.51. The average Bonchev–Trinajstić information content (AvgIpc) is 2.02. The predicted molar refractivity (Wildman–Crippen MR) is 52.7 cm³/mol. The van der Waals surface area contributed by atoms with Gasteiger partial charge in [0.1, 0.15) is 6.29 Å². The summed E-state index contributed by atoms with van der Waals surface area (Å²) in [4.78, 5) is 22.0. The zero-order chi connectivity index (χ0) is 10.8. The van der Waals surface area contributed by atoms with Crippen molar-refractivity contribution in [2.24, 2.45) is 17.3 Å². The third-order valence-electron chi connectivity index (χ3n) is 3.19. The van der Waals surface area contributed by atoms with Crippen LogP contribution in [-0.4, -0.2) is 18.9 Å². The van der Waals surface area contributed by atoms with E-state index in [0.717, 1.165) is 19.1 Å². The Morgan fingerprint density at radius 2 is 2.07 bits per heavy atom. The molecular weight excluding hydrogens is 180 g/mol. The van der Waals surface area contributed by atoms with Crippen molar-refractivity contribution in [3.8, 4) is 0 Å². The van der Waals surface area contributed by atoms with Gasteiger partial charge in [0.15, 0.2) is 0 Å². The highest BCUT2D eigenvalue weighted by atomic mass is 16.5. The molecule has 0 amide bonds. The summed E-state index contributed by atoms with van der Waals surface area (Å²) in [6.45, 7) is 6.03. The van der Waals surface area contributed by atoms with E-state index in [1.54, 1.807) is 0 Å². The van der Waals surface area contributed by atoms with Gasteiger partial charge >= 0.3 is 5.97 Å². The Kier molecular flexibility index (Phi) is 3.29. The Morgan fingerprint density at radius 1 is 1.50 bits per heavy atom. The molecule has 3 nitrogen and oxygen atoms in total. The van der Waals surface area contributed by atoms with E-state index in [1.165, 1.54) is 0 Å². The summed E-state index contributed by atoms with van der Waals surface area (Å²) >= 11 is 0. The number of aldehydes is 1. The van der Waals surface area contributed by atoms with Crippen molar-refractivity contribution in [1.29, 1.82) is 0 Å². The second kappa shape index (κ2) is 4.11. The van der Waals surface area contributed by atoms with Crippen molar-refractivity contribution in [2.75, 3.05) is 6.61 Å². The van der Waals surface area contributed by atoms with Crippen LogP contribution in [0.4, 0.5) is 0 Å². The Bertz CT molecular complexity index is 227. The number of esters is 1. The van der Waals surface area contributed by atoms with Gasteiger partial charge < -0.3 is 9.53 Å². The highest BCUT2D eigenvalue weighted by Gasteiger charge is 2.45. The zero-order valence-electron chi connectivity index (χ0n) is 9.08. The van der Waals surface area contributed by atoms with E-state index in [2.05, 4.69) is 0 Å². The Balaban J connectivity index is 2.50. The molecule has 14 heavy (non-hydrogen) atoms. The Morgan fingerprint density at radius 3 is 2.50 bits per heavy atom. The second-order valence-corrected chi connectivity index (χ2v) is 4.51. The monoisotopic (exact) mass is 198 g/mol. The van der Waals surface area contributed by atoms with Gasteiger partial charge in [-0.05, 0) is 39.5 Å². The van der Waals surface area contributed by atoms with Crippen molar-refractivity contribution in [1.82, 2.24) is 0 Å². The lowest BCUT2D eigenvalue weighted by Gasteiger charge is -2.41. The number of carbonyl (C=O) groups excluding carboxylic acids is 2. The van der Waals surface area contributed by atoms with Gasteiger partial charge in [0, 0.05) is 5.92 Å². The topological polar surface area (TPSA) is 43.4 Å². The van der Waals surface area contributed by atoms with Crippen molar-refractivity contribution in [3.05, 3.63) is 0 Å². The summed E-state index contributed by atoms with van der Waals surface area (Å²) in [5, 5.41) is 0. The average molecular weight is 198 g/mol. The van der Waals surface area contributed by atoms with E-state index in [-0.39, 0.29) is 11.9 Å². The van der Waals surface area contributed by atoms with Gasteiger partial charge in [0.2, 0.25) is 0 Å². The van der Waals surface area contributed by atoms with E-state index < -0.39 is 5.41 Å². The lowest BCUT2D eigenvalue weighted by atomic mass is 9.62. The molecule has 0 radical (unpaired) electrons. The van der Waals surface area contributed by atoms with Gasteiger partial charge in [-0.3, -0.25) is 4.79 Å². The highest BCUT2D eigenvalue weighted by Crippen LogP contribution is 2.45. The van der Waals surface area contributed by atoms with Crippen molar-refractivity contribution in [2.45, 2.75) is 33.6 Å². The molecule has 0 N–H and O–H groups in total. The van der Waals surface area contributed by atoms with Crippen LogP contribution in [0.5, 0.6) is 0 Å². The maximum atomic E-state index is 11.6. The molecule has 3 heteroatoms. The maximum absolute atomic E-state index is 11.6. The van der Waals surface area contributed by atoms with E-state index in [9.17, 15) is 9.59 Å². The van der Waals surface area contributed by atoms with Crippen LogP contribution < -0.4 is 0 Å². The SMILES string of the molecule is CCOC(=O)C(C)(C)C1CC(C=O)C1. The molecule has 0 aliphatic heterocycles. The molecular formula is C11H18O3. The van der Waals surface area contributed by atoms with Crippen molar-refractivity contribution < 1.29 is 14.3 Å². The molecule has 0 saturated heterocycles. The number of rotatable bonds is 4. The summed E-state index contributed by atoms with van der Waals surface area (Å²) < 4.78 is 5.01. The lowest BCUT2D eigenvalue weighted by Crippen LogP contribution is -2.42. The molecule has 1 saturated carbocycles. The summed E-state index contributed by atoms with van der Waals surface area (Å²) in [5.41, 5.74) is -0.435. The third kappa shape index (κ3) is 1.97. The third-order valence-corrected chi connectivity index (χ3v) is 3.19. The molecule has 80 valence electrons. The van der Waals surface area contributed by atoms with E-state index >= 15 is 0 Å². The van der Waals surface area contributed by atoms with Gasteiger partial charge in [0.05, 0.1) is 12.0 Å². The van der Waals surface area contributed by atoms with E-state index in [0.29, 0.717) is 12.5 Å². The zero-order valence-corrected chi connectivity index (χ0v) is 9.08. The molecule has 0 atom stereocenters. The number of carbonyl (C=O) groups is 2. The molecule has 1 rings (SSSR count). The lowest BCUT2D eigenvalue weighted by molar-refractivity contribution is -0.160. The predicted octanol–water partition coefficient (Wildman–Crippen LogP) is 1.80. The Hall–Kier alpha value is -0.860. The van der Waals surface area contributed by atoms with Crippen LogP contribution in [-0.2, 0) is 14.3 Å². The molecule has 1 aliphatic rings. The summed E-state index contributed by atoms with van der Waals surface area (Å²) in [5.74, 6) is 0.319. The molecule has 1 fully saturated rings. The molecule has 0 heterocycles. The van der Waals surface area contributed by atoms with Crippen LogP contribution in [0.2, 0.25) is 0 Å². The minimum Gasteiger partial charge on any atom is -0.466 e. The number of ether oxygens (including phenoxy) is 1. The normalized spacial score (nSPS) is 26.5. The first-order valence-electron chi connectivity index (χ1n) is 5.14. The quantitative estimate of drug-likeness (QED) is 0.511. The summed E-state index contributed by atoms with van der Waals surface area (Å²) in [6, 6.07) is 0. The van der Waals surface area contributed by atoms with Crippen LogP contribution in [0.15, 0.2) is 0 Å². The smallest absolute Gasteiger partial charge is 0.311 e. The molecule has 0 aromatic carbocycles. The first-order chi connectivity index (χ1) is 6.52. The van der Waals surface area contributed by atoms with Crippen molar-refractivity contribution >= 4 is 12.3 Å². The molecule has 0 spiro atoms. The van der Waals surface area contributed by atoms with Crippen LogP contribution in [0.25, 0.3) is 0 Å². The molecule has 0 aromatic rings. The Labute approximate surface area is 84.8 Å². The summed E-state index contributed by atoms with van der Waals surface area (Å²) in [6.07, 6.45) is 2.64. The number of hydrogen-bond acceptors (Lipinski definition) is 3. The first-order valence-corrected chi connectivity index (χ1v) is 5.14.